The van der Waals surface area contributed by atoms with Gasteiger partial charge in [-0.3, -0.25) is 0 Å². The van der Waals surface area contributed by atoms with E-state index in [1.807, 2.05) is 26.0 Å². The van der Waals surface area contributed by atoms with E-state index in [9.17, 15) is 0 Å². The van der Waals surface area contributed by atoms with E-state index in [-0.39, 0.29) is 13.1 Å². The normalized spacial score (nSPS) is 10.6. The van der Waals surface area contributed by atoms with Gasteiger partial charge in [0.25, 0.3) is 0 Å². The average Bonchev–Trinajstić information content (AvgIpc) is 2.39. The average molecular weight is 376 g/mol. The SMILES string of the molecule is CCOc1cc2ncnc([Se][SeH])c2cc1OCC. The van der Waals surface area contributed by atoms with Crippen molar-refractivity contribution in [1.29, 1.82) is 0 Å². The summed E-state index contributed by atoms with van der Waals surface area (Å²) < 4.78 is 12.3. The first-order chi connectivity index (χ1) is 8.80. The Bertz CT molecular complexity index is 549. The molecule has 0 radical (unpaired) electrons. The molecule has 1 aromatic heterocycles. The summed E-state index contributed by atoms with van der Waals surface area (Å²) in [7, 11) is 0. The number of fused-ring (bicyclic) bond motifs is 1. The van der Waals surface area contributed by atoms with Crippen LogP contribution in [0.25, 0.3) is 10.9 Å². The minimum atomic E-state index is 0.269. The molecule has 0 saturated heterocycles. The van der Waals surface area contributed by atoms with Crippen LogP contribution in [-0.2, 0) is 0 Å². The summed E-state index contributed by atoms with van der Waals surface area (Å²) in [6, 6.07) is 3.90. The van der Waals surface area contributed by atoms with Crippen molar-refractivity contribution in [3.05, 3.63) is 18.5 Å². The first kappa shape index (κ1) is 13.6. The van der Waals surface area contributed by atoms with Crippen molar-refractivity contribution < 1.29 is 9.47 Å². The second kappa shape index (κ2) is 6.39. The maximum atomic E-state index is 5.62. The first-order valence-corrected chi connectivity index (χ1v) is 11.3. The summed E-state index contributed by atoms with van der Waals surface area (Å²) in [4.78, 5) is 8.60. The van der Waals surface area contributed by atoms with Crippen LogP contribution >= 0.6 is 0 Å². The molecule has 4 nitrogen and oxygen atoms in total. The predicted octanol–water partition coefficient (Wildman–Crippen LogP) is 0.572. The van der Waals surface area contributed by atoms with Crippen LogP contribution < -0.4 is 14.1 Å². The summed E-state index contributed by atoms with van der Waals surface area (Å²) >= 11 is 2.86. The van der Waals surface area contributed by atoms with Gasteiger partial charge in [0.15, 0.2) is 0 Å². The van der Waals surface area contributed by atoms with Gasteiger partial charge in [-0.15, -0.1) is 0 Å². The Kier molecular flexibility index (Phi) is 4.84. The fourth-order valence-corrected chi connectivity index (χ4v) is 3.98. The molecule has 0 spiro atoms. The Morgan fingerprint density at radius 2 is 1.78 bits per heavy atom. The van der Waals surface area contributed by atoms with Crippen LogP contribution in [0.3, 0.4) is 0 Å². The molecule has 0 unspecified atom stereocenters. The summed E-state index contributed by atoms with van der Waals surface area (Å²) in [6.07, 6.45) is 1.60. The van der Waals surface area contributed by atoms with Gasteiger partial charge in [-0.2, -0.15) is 0 Å². The number of aromatic nitrogens is 2. The molecule has 96 valence electrons. The van der Waals surface area contributed by atoms with Gasteiger partial charge in [0.1, 0.15) is 0 Å². The van der Waals surface area contributed by atoms with E-state index in [4.69, 9.17) is 9.47 Å². The predicted molar refractivity (Wildman–Crippen MR) is 74.4 cm³/mol. The van der Waals surface area contributed by atoms with Crippen molar-refractivity contribution in [2.45, 2.75) is 13.8 Å². The van der Waals surface area contributed by atoms with E-state index in [0.717, 1.165) is 27.0 Å². The summed E-state index contributed by atoms with van der Waals surface area (Å²) in [6.45, 7) is 5.14. The molecule has 0 atom stereocenters. The summed E-state index contributed by atoms with van der Waals surface area (Å²) in [5.41, 5.74) is 0.903. The van der Waals surface area contributed by atoms with Crippen molar-refractivity contribution >= 4 is 42.8 Å². The number of hydrogen-bond acceptors (Lipinski definition) is 4. The molecule has 0 bridgehead atoms. The summed E-state index contributed by atoms with van der Waals surface area (Å²) in [5, 5.41) is 1.05. The molecule has 1 heterocycles. The van der Waals surface area contributed by atoms with Crippen LogP contribution in [0.5, 0.6) is 11.5 Å². The molecule has 6 heteroatoms. The summed E-state index contributed by atoms with van der Waals surface area (Å²) in [5.74, 6) is 1.51. The molecule has 1 aromatic carbocycles. The van der Waals surface area contributed by atoms with Crippen LogP contribution in [0.4, 0.5) is 0 Å². The van der Waals surface area contributed by atoms with Crippen LogP contribution in [0.2, 0.25) is 0 Å². The van der Waals surface area contributed by atoms with E-state index in [1.54, 1.807) is 6.33 Å². The van der Waals surface area contributed by atoms with Crippen molar-refractivity contribution in [1.82, 2.24) is 9.97 Å². The Labute approximate surface area is 119 Å². The van der Waals surface area contributed by atoms with E-state index >= 15 is 0 Å². The zero-order valence-electron chi connectivity index (χ0n) is 10.2. The van der Waals surface area contributed by atoms with Gasteiger partial charge in [0.2, 0.25) is 0 Å². The molecule has 0 saturated carbocycles. The third-order valence-corrected chi connectivity index (χ3v) is 5.28. The van der Waals surface area contributed by atoms with Gasteiger partial charge >= 0.3 is 119 Å². The molecule has 18 heavy (non-hydrogen) atoms. The van der Waals surface area contributed by atoms with Gasteiger partial charge in [0, 0.05) is 0 Å². The van der Waals surface area contributed by atoms with E-state index in [1.165, 1.54) is 0 Å². The number of ether oxygens (including phenoxy) is 2. The van der Waals surface area contributed by atoms with Gasteiger partial charge in [0.05, 0.1) is 0 Å². The Morgan fingerprint density at radius 1 is 1.11 bits per heavy atom. The van der Waals surface area contributed by atoms with Crippen molar-refractivity contribution in [3.8, 4) is 11.5 Å². The van der Waals surface area contributed by atoms with Crippen molar-refractivity contribution in [2.75, 3.05) is 13.2 Å². The minimum absolute atomic E-state index is 0.269. The third-order valence-electron chi connectivity index (χ3n) is 2.35. The molecule has 2 aromatic rings. The first-order valence-electron chi connectivity index (χ1n) is 5.65. The number of hydrogen-bond donors (Lipinski definition) is 0. The maximum absolute atomic E-state index is 5.62. The van der Waals surface area contributed by atoms with E-state index in [2.05, 4.69) is 24.2 Å². The third kappa shape index (κ3) is 2.78. The van der Waals surface area contributed by atoms with Crippen molar-refractivity contribution in [2.24, 2.45) is 0 Å². The number of rotatable bonds is 5. The monoisotopic (exact) mass is 378 g/mol. The van der Waals surface area contributed by atoms with Gasteiger partial charge in [-0.1, -0.05) is 0 Å². The molecule has 0 aliphatic carbocycles. The van der Waals surface area contributed by atoms with Crippen molar-refractivity contribution in [3.63, 3.8) is 0 Å². The zero-order chi connectivity index (χ0) is 13.0. The molecule has 0 aliphatic rings. The van der Waals surface area contributed by atoms with Crippen LogP contribution in [-0.4, -0.2) is 50.5 Å². The molecular weight excluding hydrogens is 362 g/mol. The standard InChI is InChI=1S/C12H14N2O2Se2/c1-3-15-10-5-8-9(6-11(10)16-4-2)13-7-14-12(8)18-17/h5-7,17H,3-4H2,1-2H3. The van der Waals surface area contributed by atoms with E-state index < -0.39 is 0 Å². The molecule has 0 fully saturated rings. The molecular formula is C12H14N2O2Se2. The molecule has 2 rings (SSSR count). The quantitative estimate of drug-likeness (QED) is 0.716. The zero-order valence-corrected chi connectivity index (χ0v) is 13.8. The fraction of sp³-hybridized carbons (Fsp3) is 0.333. The topological polar surface area (TPSA) is 44.2 Å². The molecule has 0 aliphatic heterocycles. The Balaban J connectivity index is 2.60. The second-order valence-electron chi connectivity index (χ2n) is 3.45. The van der Waals surface area contributed by atoms with Gasteiger partial charge in [-0.05, 0) is 0 Å². The van der Waals surface area contributed by atoms with Gasteiger partial charge < -0.3 is 0 Å². The second-order valence-corrected chi connectivity index (χ2v) is 6.64. The molecule has 0 amide bonds. The Hall–Kier alpha value is -0.801. The van der Waals surface area contributed by atoms with Crippen LogP contribution in [0.1, 0.15) is 13.8 Å². The molecule has 0 N–H and O–H groups in total. The number of benzene rings is 1. The van der Waals surface area contributed by atoms with Crippen LogP contribution in [0.15, 0.2) is 18.5 Å². The van der Waals surface area contributed by atoms with E-state index in [0.29, 0.717) is 13.2 Å². The van der Waals surface area contributed by atoms with Gasteiger partial charge in [-0.25, -0.2) is 0 Å². The Morgan fingerprint density at radius 3 is 2.39 bits per heavy atom. The van der Waals surface area contributed by atoms with Crippen LogP contribution in [0, 0.1) is 0 Å². The fourth-order valence-electron chi connectivity index (χ4n) is 1.65. The number of nitrogens with zero attached hydrogens (tertiary/aromatic N) is 2.